The Morgan fingerprint density at radius 3 is 2.72 bits per heavy atom. The Balaban J connectivity index is 1.91. The van der Waals surface area contributed by atoms with Crippen LogP contribution in [0, 0.1) is 0 Å². The molecule has 18 heavy (non-hydrogen) atoms. The Morgan fingerprint density at radius 1 is 1.39 bits per heavy atom. The van der Waals surface area contributed by atoms with Crippen LogP contribution in [0.3, 0.4) is 0 Å². The largest absolute Gasteiger partial charge is 0.346 e. The standard InChI is InChI=1S/C13H24N4S/c1-4-5-16-6-8-17(9-7-16)13-15-12(10-18-13)11(2)14-3/h10-11,14H,4-9H2,1-3H3. The normalized spacial score (nSPS) is 19.2. The van der Waals surface area contributed by atoms with Gasteiger partial charge in [0.1, 0.15) is 0 Å². The molecule has 1 aromatic rings. The Labute approximate surface area is 114 Å². The van der Waals surface area contributed by atoms with E-state index in [-0.39, 0.29) is 0 Å². The van der Waals surface area contributed by atoms with Gasteiger partial charge in [0.25, 0.3) is 0 Å². The van der Waals surface area contributed by atoms with Crippen molar-refractivity contribution in [2.24, 2.45) is 0 Å². The van der Waals surface area contributed by atoms with Crippen molar-refractivity contribution < 1.29 is 0 Å². The Hall–Kier alpha value is -0.650. The zero-order valence-corrected chi connectivity index (χ0v) is 12.5. The quantitative estimate of drug-likeness (QED) is 0.884. The fraction of sp³-hybridized carbons (Fsp3) is 0.769. The first kappa shape index (κ1) is 13.8. The maximum absolute atomic E-state index is 4.74. The van der Waals surface area contributed by atoms with Crippen molar-refractivity contribution in [3.8, 4) is 0 Å². The SMILES string of the molecule is CCCN1CCN(c2nc(C(C)NC)cs2)CC1. The molecule has 2 heterocycles. The van der Waals surface area contributed by atoms with Crippen LogP contribution in [0.2, 0.25) is 0 Å². The second-order valence-electron chi connectivity index (χ2n) is 4.89. The van der Waals surface area contributed by atoms with Gasteiger partial charge in [-0.3, -0.25) is 4.90 Å². The van der Waals surface area contributed by atoms with Crippen LogP contribution in [-0.4, -0.2) is 49.7 Å². The molecule has 0 aromatic carbocycles. The molecule has 0 bridgehead atoms. The number of thiazole rings is 1. The molecule has 1 fully saturated rings. The van der Waals surface area contributed by atoms with Crippen LogP contribution in [0.15, 0.2) is 5.38 Å². The highest BCUT2D eigenvalue weighted by molar-refractivity contribution is 7.13. The van der Waals surface area contributed by atoms with Gasteiger partial charge in [0.15, 0.2) is 5.13 Å². The number of anilines is 1. The fourth-order valence-electron chi connectivity index (χ4n) is 2.25. The van der Waals surface area contributed by atoms with Crippen molar-refractivity contribution >= 4 is 16.5 Å². The van der Waals surface area contributed by atoms with Gasteiger partial charge in [0.05, 0.1) is 5.69 Å². The summed E-state index contributed by atoms with van der Waals surface area (Å²) in [5.41, 5.74) is 1.16. The Bertz CT molecular complexity index is 358. The minimum Gasteiger partial charge on any atom is -0.346 e. The monoisotopic (exact) mass is 268 g/mol. The van der Waals surface area contributed by atoms with Gasteiger partial charge in [-0.25, -0.2) is 4.98 Å². The van der Waals surface area contributed by atoms with Gasteiger partial charge < -0.3 is 10.2 Å². The molecule has 1 aromatic heterocycles. The molecule has 0 aliphatic carbocycles. The predicted octanol–water partition coefficient (Wildman–Crippen LogP) is 1.96. The van der Waals surface area contributed by atoms with Crippen molar-refractivity contribution in [1.82, 2.24) is 15.2 Å². The van der Waals surface area contributed by atoms with E-state index in [9.17, 15) is 0 Å². The van der Waals surface area contributed by atoms with E-state index >= 15 is 0 Å². The summed E-state index contributed by atoms with van der Waals surface area (Å²) in [6, 6.07) is 0.344. The summed E-state index contributed by atoms with van der Waals surface area (Å²) in [5.74, 6) is 0. The van der Waals surface area contributed by atoms with Crippen molar-refractivity contribution in [1.29, 1.82) is 0 Å². The number of aromatic nitrogens is 1. The van der Waals surface area contributed by atoms with Gasteiger partial charge in [-0.05, 0) is 26.9 Å². The van der Waals surface area contributed by atoms with Crippen molar-refractivity contribution in [3.63, 3.8) is 0 Å². The van der Waals surface area contributed by atoms with Crippen LogP contribution >= 0.6 is 11.3 Å². The third-order valence-electron chi connectivity index (χ3n) is 3.57. The second-order valence-corrected chi connectivity index (χ2v) is 5.73. The van der Waals surface area contributed by atoms with Crippen LogP contribution in [-0.2, 0) is 0 Å². The molecule has 0 amide bonds. The third-order valence-corrected chi connectivity index (χ3v) is 4.49. The maximum Gasteiger partial charge on any atom is 0.185 e. The first-order valence-corrected chi connectivity index (χ1v) is 7.72. The number of nitrogens with one attached hydrogen (secondary N) is 1. The number of nitrogens with zero attached hydrogens (tertiary/aromatic N) is 3. The summed E-state index contributed by atoms with van der Waals surface area (Å²) in [5, 5.41) is 6.60. The van der Waals surface area contributed by atoms with Crippen LogP contribution in [0.5, 0.6) is 0 Å². The lowest BCUT2D eigenvalue weighted by Crippen LogP contribution is -2.46. The molecule has 1 aliphatic heterocycles. The number of hydrogen-bond acceptors (Lipinski definition) is 5. The van der Waals surface area contributed by atoms with Crippen molar-refractivity contribution in [2.45, 2.75) is 26.3 Å². The first-order chi connectivity index (χ1) is 8.74. The molecule has 2 rings (SSSR count). The van der Waals surface area contributed by atoms with Gasteiger partial charge in [0, 0.05) is 37.6 Å². The molecule has 5 heteroatoms. The van der Waals surface area contributed by atoms with Gasteiger partial charge in [-0.1, -0.05) is 6.92 Å². The molecule has 1 N–H and O–H groups in total. The van der Waals surface area contributed by atoms with E-state index < -0.39 is 0 Å². The molecule has 102 valence electrons. The van der Waals surface area contributed by atoms with Gasteiger partial charge in [-0.15, -0.1) is 11.3 Å². The molecule has 0 radical (unpaired) electrons. The minimum absolute atomic E-state index is 0.344. The zero-order valence-electron chi connectivity index (χ0n) is 11.6. The Morgan fingerprint density at radius 2 is 2.11 bits per heavy atom. The maximum atomic E-state index is 4.74. The van der Waals surface area contributed by atoms with E-state index in [2.05, 4.69) is 34.3 Å². The van der Waals surface area contributed by atoms with Crippen LogP contribution in [0.25, 0.3) is 0 Å². The average Bonchev–Trinajstić information content (AvgIpc) is 2.89. The van der Waals surface area contributed by atoms with E-state index in [1.165, 1.54) is 31.2 Å². The molecular weight excluding hydrogens is 244 g/mol. The summed E-state index contributed by atoms with van der Waals surface area (Å²) in [6.45, 7) is 10.2. The Kier molecular flexibility index (Phi) is 4.97. The van der Waals surface area contributed by atoms with Gasteiger partial charge in [-0.2, -0.15) is 0 Å². The second kappa shape index (κ2) is 6.50. The molecular formula is C13H24N4S. The van der Waals surface area contributed by atoms with Crippen molar-refractivity contribution in [2.75, 3.05) is 44.7 Å². The van der Waals surface area contributed by atoms with Crippen molar-refractivity contribution in [3.05, 3.63) is 11.1 Å². The highest BCUT2D eigenvalue weighted by Crippen LogP contribution is 2.24. The zero-order chi connectivity index (χ0) is 13.0. The van der Waals surface area contributed by atoms with E-state index in [0.29, 0.717) is 6.04 Å². The van der Waals surface area contributed by atoms with E-state index in [0.717, 1.165) is 18.8 Å². The minimum atomic E-state index is 0.344. The van der Waals surface area contributed by atoms with Crippen LogP contribution < -0.4 is 10.2 Å². The topological polar surface area (TPSA) is 31.4 Å². The predicted molar refractivity (Wildman–Crippen MR) is 78.5 cm³/mol. The summed E-state index contributed by atoms with van der Waals surface area (Å²) < 4.78 is 0. The van der Waals surface area contributed by atoms with Gasteiger partial charge in [0.2, 0.25) is 0 Å². The average molecular weight is 268 g/mol. The van der Waals surface area contributed by atoms with E-state index in [1.807, 2.05) is 7.05 Å². The van der Waals surface area contributed by atoms with E-state index in [4.69, 9.17) is 4.98 Å². The highest BCUT2D eigenvalue weighted by atomic mass is 32.1. The lowest BCUT2D eigenvalue weighted by Gasteiger charge is -2.34. The van der Waals surface area contributed by atoms with Crippen LogP contribution in [0.1, 0.15) is 32.0 Å². The fourth-order valence-corrected chi connectivity index (χ4v) is 3.22. The lowest BCUT2D eigenvalue weighted by molar-refractivity contribution is 0.258. The molecule has 1 saturated heterocycles. The van der Waals surface area contributed by atoms with Gasteiger partial charge >= 0.3 is 0 Å². The highest BCUT2D eigenvalue weighted by Gasteiger charge is 2.19. The number of rotatable bonds is 5. The summed E-state index contributed by atoms with van der Waals surface area (Å²) in [6.07, 6.45) is 1.25. The number of hydrogen-bond donors (Lipinski definition) is 1. The smallest absolute Gasteiger partial charge is 0.185 e. The summed E-state index contributed by atoms with van der Waals surface area (Å²) in [7, 11) is 1.98. The lowest BCUT2D eigenvalue weighted by atomic mass is 10.3. The molecule has 1 atom stereocenters. The summed E-state index contributed by atoms with van der Waals surface area (Å²) >= 11 is 1.77. The van der Waals surface area contributed by atoms with E-state index in [1.54, 1.807) is 11.3 Å². The number of piperazine rings is 1. The molecule has 0 spiro atoms. The molecule has 4 nitrogen and oxygen atoms in total. The summed E-state index contributed by atoms with van der Waals surface area (Å²) in [4.78, 5) is 9.70. The molecule has 1 aliphatic rings. The van der Waals surface area contributed by atoms with Crippen LogP contribution in [0.4, 0.5) is 5.13 Å². The molecule has 1 unspecified atom stereocenters. The molecule has 0 saturated carbocycles. The third kappa shape index (κ3) is 3.22. The first-order valence-electron chi connectivity index (χ1n) is 6.84.